The van der Waals surface area contributed by atoms with Gasteiger partial charge in [-0.05, 0) is 17.2 Å². The number of β-amino-alcohol motifs (C(OH)–C–C–N with tert-alkyl or cyclic N) is 1. The van der Waals surface area contributed by atoms with Crippen molar-refractivity contribution in [3.8, 4) is 11.1 Å². The number of rotatable bonds is 7. The molecule has 0 unspecified atom stereocenters. The molecule has 3 rings (SSSR count). The third-order valence-electron chi connectivity index (χ3n) is 4.95. The predicted octanol–water partition coefficient (Wildman–Crippen LogP) is 2.31. The molecule has 3 N–H and O–H groups in total. The summed E-state index contributed by atoms with van der Waals surface area (Å²) in [7, 11) is 0. The van der Waals surface area contributed by atoms with E-state index in [9.17, 15) is 32.7 Å². The fourth-order valence-electron chi connectivity index (χ4n) is 3.57. The summed E-state index contributed by atoms with van der Waals surface area (Å²) in [6.07, 6.45) is -6.35. The average molecular weight is 449 g/mol. The van der Waals surface area contributed by atoms with Gasteiger partial charge in [0.25, 0.3) is 5.91 Å². The quantitative estimate of drug-likeness (QED) is 0.565. The van der Waals surface area contributed by atoms with Gasteiger partial charge in [-0.3, -0.25) is 14.4 Å². The predicted molar refractivity (Wildman–Crippen MR) is 110 cm³/mol. The van der Waals surface area contributed by atoms with Gasteiger partial charge in [0.1, 0.15) is 12.5 Å². The molecule has 10 heteroatoms. The maximum Gasteiger partial charge on any atom is 0.390 e. The lowest BCUT2D eigenvalue weighted by Crippen LogP contribution is -2.44. The lowest BCUT2D eigenvalue weighted by atomic mass is 9.95. The first-order chi connectivity index (χ1) is 15.2. The molecule has 0 radical (unpaired) electrons. The molecule has 1 aliphatic heterocycles. The maximum atomic E-state index is 13.3. The molecule has 0 aliphatic carbocycles. The summed E-state index contributed by atoms with van der Waals surface area (Å²) in [6.45, 7) is -0.951. The lowest BCUT2D eigenvalue weighted by molar-refractivity contribution is -0.137. The largest absolute Gasteiger partial charge is 0.395 e. The standard InChI is InChI=1S/C22H22F3N3O4/c23-22(24,25)9-10-26-18(30)13-19(31)27-20-16-7-2-1-5-14(16)15-6-3-4-8-17(15)28(11-12-29)21(20)32/h1-8,20,29H,9-13H2,(H,26,30)(H,27,31)/t20-/m0/s1. The van der Waals surface area contributed by atoms with Crippen molar-refractivity contribution in [3.63, 3.8) is 0 Å². The number of carbonyl (C=O) groups excluding carboxylic acids is 3. The van der Waals surface area contributed by atoms with Crippen molar-refractivity contribution < 1.29 is 32.7 Å². The monoisotopic (exact) mass is 449 g/mol. The van der Waals surface area contributed by atoms with Crippen molar-refractivity contribution in [1.29, 1.82) is 0 Å². The van der Waals surface area contributed by atoms with Crippen molar-refractivity contribution in [2.75, 3.05) is 24.6 Å². The first-order valence-corrected chi connectivity index (χ1v) is 9.94. The highest BCUT2D eigenvalue weighted by Crippen LogP contribution is 2.39. The summed E-state index contributed by atoms with van der Waals surface area (Å²) in [5, 5.41) is 14.1. The van der Waals surface area contributed by atoms with E-state index in [2.05, 4.69) is 5.32 Å². The van der Waals surface area contributed by atoms with Gasteiger partial charge >= 0.3 is 6.18 Å². The number of aliphatic hydroxyl groups excluding tert-OH is 1. The second kappa shape index (κ2) is 9.82. The van der Waals surface area contributed by atoms with Crippen LogP contribution < -0.4 is 15.5 Å². The number of fused-ring (bicyclic) bond motifs is 3. The molecule has 7 nitrogen and oxygen atoms in total. The van der Waals surface area contributed by atoms with Crippen LogP contribution in [-0.4, -0.2) is 48.7 Å². The van der Waals surface area contributed by atoms with Crippen LogP contribution in [0.4, 0.5) is 18.9 Å². The summed E-state index contributed by atoms with van der Waals surface area (Å²) in [4.78, 5) is 39.0. The Labute approximate surface area is 182 Å². The van der Waals surface area contributed by atoms with Crippen LogP contribution in [0.5, 0.6) is 0 Å². The number of amides is 3. The number of para-hydroxylation sites is 1. The fraction of sp³-hybridized carbons (Fsp3) is 0.318. The van der Waals surface area contributed by atoms with Crippen LogP contribution in [0.2, 0.25) is 0 Å². The molecule has 0 saturated carbocycles. The minimum absolute atomic E-state index is 0.00582. The number of alkyl halides is 3. The van der Waals surface area contributed by atoms with E-state index in [0.717, 1.165) is 5.56 Å². The second-order valence-corrected chi connectivity index (χ2v) is 7.21. The van der Waals surface area contributed by atoms with E-state index < -0.39 is 49.3 Å². The summed E-state index contributed by atoms with van der Waals surface area (Å²) in [6, 6.07) is 13.0. The van der Waals surface area contributed by atoms with Gasteiger partial charge in [-0.2, -0.15) is 13.2 Å². The number of halogens is 3. The van der Waals surface area contributed by atoms with Crippen molar-refractivity contribution in [1.82, 2.24) is 10.6 Å². The van der Waals surface area contributed by atoms with Gasteiger partial charge < -0.3 is 20.6 Å². The third-order valence-corrected chi connectivity index (χ3v) is 4.95. The van der Waals surface area contributed by atoms with Crippen LogP contribution >= 0.6 is 0 Å². The summed E-state index contributed by atoms with van der Waals surface area (Å²) in [5.41, 5.74) is 2.53. The highest BCUT2D eigenvalue weighted by Gasteiger charge is 2.35. The van der Waals surface area contributed by atoms with Crippen LogP contribution in [0, 0.1) is 0 Å². The smallest absolute Gasteiger partial charge is 0.390 e. The minimum Gasteiger partial charge on any atom is -0.395 e. The Kier molecular flexibility index (Phi) is 7.14. The molecule has 0 bridgehead atoms. The zero-order chi connectivity index (χ0) is 23.3. The average Bonchev–Trinajstić information content (AvgIpc) is 2.83. The SMILES string of the molecule is O=C(CC(=O)N[C@@H]1C(=O)N(CCO)c2ccccc2-c2ccccc21)NCCC(F)(F)F. The summed E-state index contributed by atoms with van der Waals surface area (Å²) in [5.74, 6) is -2.18. The summed E-state index contributed by atoms with van der Waals surface area (Å²) >= 11 is 0. The van der Waals surface area contributed by atoms with Crippen LogP contribution in [0.3, 0.4) is 0 Å². The van der Waals surface area contributed by atoms with Crippen molar-refractivity contribution in [2.45, 2.75) is 25.1 Å². The molecule has 0 aromatic heterocycles. The van der Waals surface area contributed by atoms with Gasteiger partial charge in [0.15, 0.2) is 0 Å². The number of hydrogen-bond donors (Lipinski definition) is 3. The Morgan fingerprint density at radius 2 is 1.66 bits per heavy atom. The molecule has 0 saturated heterocycles. The highest BCUT2D eigenvalue weighted by molar-refractivity contribution is 6.07. The van der Waals surface area contributed by atoms with E-state index >= 15 is 0 Å². The second-order valence-electron chi connectivity index (χ2n) is 7.21. The number of hydrogen-bond acceptors (Lipinski definition) is 4. The Balaban J connectivity index is 1.82. The highest BCUT2D eigenvalue weighted by atomic mass is 19.4. The van der Waals surface area contributed by atoms with Crippen molar-refractivity contribution in [2.24, 2.45) is 0 Å². The number of aliphatic hydroxyl groups is 1. The van der Waals surface area contributed by atoms with E-state index in [1.807, 2.05) is 11.4 Å². The first-order valence-electron chi connectivity index (χ1n) is 9.94. The Morgan fingerprint density at radius 1 is 1.00 bits per heavy atom. The Morgan fingerprint density at radius 3 is 2.34 bits per heavy atom. The zero-order valence-corrected chi connectivity index (χ0v) is 17.0. The molecule has 1 aliphatic rings. The van der Waals surface area contributed by atoms with Gasteiger partial charge in [0, 0.05) is 18.7 Å². The molecular formula is C22H22F3N3O4. The van der Waals surface area contributed by atoms with Crippen LogP contribution in [-0.2, 0) is 14.4 Å². The Bertz CT molecular complexity index is 1010. The number of anilines is 1. The zero-order valence-electron chi connectivity index (χ0n) is 17.0. The van der Waals surface area contributed by atoms with Gasteiger partial charge in [0.05, 0.1) is 18.7 Å². The molecule has 1 heterocycles. The number of carbonyl (C=O) groups is 3. The van der Waals surface area contributed by atoms with E-state index in [1.165, 1.54) is 4.90 Å². The van der Waals surface area contributed by atoms with Gasteiger partial charge in [-0.1, -0.05) is 42.5 Å². The molecule has 170 valence electrons. The summed E-state index contributed by atoms with van der Waals surface area (Å²) < 4.78 is 36.7. The molecule has 2 aromatic carbocycles. The molecule has 1 atom stereocenters. The molecule has 0 spiro atoms. The molecule has 2 aromatic rings. The normalized spacial score (nSPS) is 15.4. The number of nitrogens with zero attached hydrogens (tertiary/aromatic N) is 1. The van der Waals surface area contributed by atoms with E-state index in [1.54, 1.807) is 42.5 Å². The van der Waals surface area contributed by atoms with Gasteiger partial charge in [0.2, 0.25) is 11.8 Å². The molecule has 32 heavy (non-hydrogen) atoms. The first kappa shape index (κ1) is 23.3. The molecule has 3 amide bonds. The van der Waals surface area contributed by atoms with Gasteiger partial charge in [-0.15, -0.1) is 0 Å². The lowest BCUT2D eigenvalue weighted by Gasteiger charge is -2.26. The topological polar surface area (TPSA) is 98.7 Å². The van der Waals surface area contributed by atoms with Crippen LogP contribution in [0.1, 0.15) is 24.4 Å². The van der Waals surface area contributed by atoms with E-state index in [0.29, 0.717) is 16.8 Å². The third kappa shape index (κ3) is 5.44. The minimum atomic E-state index is -4.42. The van der Waals surface area contributed by atoms with Gasteiger partial charge in [-0.25, -0.2) is 0 Å². The molecule has 0 fully saturated rings. The number of benzene rings is 2. The van der Waals surface area contributed by atoms with Crippen LogP contribution in [0.15, 0.2) is 48.5 Å². The van der Waals surface area contributed by atoms with Crippen LogP contribution in [0.25, 0.3) is 11.1 Å². The number of nitrogens with one attached hydrogen (secondary N) is 2. The van der Waals surface area contributed by atoms with E-state index in [4.69, 9.17) is 0 Å². The maximum absolute atomic E-state index is 13.3. The van der Waals surface area contributed by atoms with Crippen molar-refractivity contribution in [3.05, 3.63) is 54.1 Å². The fourth-order valence-corrected chi connectivity index (χ4v) is 3.57. The van der Waals surface area contributed by atoms with Crippen molar-refractivity contribution >= 4 is 23.4 Å². The molecular weight excluding hydrogens is 427 g/mol. The van der Waals surface area contributed by atoms with E-state index in [-0.39, 0.29) is 13.2 Å². The Hall–Kier alpha value is -3.40.